The molecule has 0 saturated carbocycles. The van der Waals surface area contributed by atoms with Gasteiger partial charge in [0.25, 0.3) is 11.8 Å². The summed E-state index contributed by atoms with van der Waals surface area (Å²) >= 11 is 0. The highest BCUT2D eigenvalue weighted by molar-refractivity contribution is 5.99. The van der Waals surface area contributed by atoms with Crippen molar-refractivity contribution in [2.45, 2.75) is 18.6 Å². The summed E-state index contributed by atoms with van der Waals surface area (Å²) in [4.78, 5) is 35.8. The Hall–Kier alpha value is -2.78. The van der Waals surface area contributed by atoms with E-state index in [4.69, 9.17) is 9.84 Å². The van der Waals surface area contributed by atoms with Crippen LogP contribution in [0.5, 0.6) is 5.75 Å². The number of carboxylic acid groups (broad SMARTS) is 1. The maximum atomic E-state index is 12.4. The molecule has 1 aromatic rings. The summed E-state index contributed by atoms with van der Waals surface area (Å²) in [5.41, 5.74) is -0.178. The second kappa shape index (κ2) is 8.36. The van der Waals surface area contributed by atoms with E-state index >= 15 is 0 Å². The Labute approximate surface area is 141 Å². The molecule has 0 fully saturated rings. The Kier molecular flexibility index (Phi) is 6.77. The minimum atomic E-state index is -4.76. The second-order valence-electron chi connectivity index (χ2n) is 5.26. The first-order valence-corrected chi connectivity index (χ1v) is 7.03. The molecule has 0 aliphatic heterocycles. The lowest BCUT2D eigenvalue weighted by atomic mass is 10.1. The van der Waals surface area contributed by atoms with Gasteiger partial charge in [-0.15, -0.1) is 0 Å². The largest absolute Gasteiger partial charge is 0.483 e. The number of nitrogens with zero attached hydrogens (tertiary/aromatic N) is 1. The van der Waals surface area contributed by atoms with E-state index in [1.807, 2.05) is 0 Å². The number of benzene rings is 1. The molecule has 0 saturated heterocycles. The Balaban J connectivity index is 2.90. The van der Waals surface area contributed by atoms with Crippen LogP contribution in [0.15, 0.2) is 24.3 Å². The average Bonchev–Trinajstić information content (AvgIpc) is 2.50. The average molecular weight is 362 g/mol. The first-order valence-electron chi connectivity index (χ1n) is 7.03. The number of amides is 2. The van der Waals surface area contributed by atoms with E-state index in [-0.39, 0.29) is 17.9 Å². The Morgan fingerprint density at radius 3 is 2.36 bits per heavy atom. The number of carbonyl (C=O) groups is 3. The monoisotopic (exact) mass is 362 g/mol. The summed E-state index contributed by atoms with van der Waals surface area (Å²) in [6.07, 6.45) is -6.47. The van der Waals surface area contributed by atoms with Crippen molar-refractivity contribution in [2.24, 2.45) is 0 Å². The molecule has 7 nitrogen and oxygen atoms in total. The minimum Gasteiger partial charge on any atom is -0.483 e. The lowest BCUT2D eigenvalue weighted by molar-refractivity contribution is -0.157. The number of halogens is 3. The molecule has 2 N–H and O–H groups in total. The summed E-state index contributed by atoms with van der Waals surface area (Å²) in [5.74, 6) is -3.31. The van der Waals surface area contributed by atoms with Crippen molar-refractivity contribution < 1.29 is 37.4 Å². The number of hydrogen-bond donors (Lipinski definition) is 2. The number of aliphatic carboxylic acids is 1. The number of carbonyl (C=O) groups excluding carboxylic acids is 2. The van der Waals surface area contributed by atoms with Gasteiger partial charge in [0.05, 0.1) is 12.0 Å². The van der Waals surface area contributed by atoms with Gasteiger partial charge in [0.1, 0.15) is 11.8 Å². The normalized spacial score (nSPS) is 12.2. The number of ether oxygens (including phenoxy) is 1. The first-order chi connectivity index (χ1) is 11.5. The number of hydrogen-bond acceptors (Lipinski definition) is 4. The highest BCUT2D eigenvalue weighted by Gasteiger charge is 2.36. The Morgan fingerprint density at radius 1 is 1.24 bits per heavy atom. The molecule has 0 aromatic heterocycles. The molecule has 1 unspecified atom stereocenters. The molecule has 1 rings (SSSR count). The van der Waals surface area contributed by atoms with Crippen molar-refractivity contribution in [3.05, 3.63) is 29.8 Å². The summed E-state index contributed by atoms with van der Waals surface area (Å²) in [7, 11) is 3.00. The van der Waals surface area contributed by atoms with Crippen LogP contribution in [0.4, 0.5) is 13.2 Å². The number of likely N-dealkylation sites (N-methyl/N-ethyl adjacent to an activating group) is 1. The Bertz CT molecular complexity index is 646. The summed E-state index contributed by atoms with van der Waals surface area (Å²) in [6, 6.07) is 3.38. The number of nitrogens with one attached hydrogen (secondary N) is 1. The predicted molar refractivity (Wildman–Crippen MR) is 80.2 cm³/mol. The molecular weight excluding hydrogens is 345 g/mol. The van der Waals surface area contributed by atoms with Crippen molar-refractivity contribution in [2.75, 3.05) is 20.7 Å². The summed E-state index contributed by atoms with van der Waals surface area (Å²) < 4.78 is 42.4. The zero-order valence-corrected chi connectivity index (χ0v) is 13.5. The van der Waals surface area contributed by atoms with Crippen LogP contribution in [-0.2, 0) is 9.59 Å². The molecule has 10 heteroatoms. The van der Waals surface area contributed by atoms with Gasteiger partial charge in [0.2, 0.25) is 0 Å². The third-order valence-electron chi connectivity index (χ3n) is 3.02. The molecule has 0 radical (unpaired) electrons. The SMILES string of the molecule is CN(C)C(=O)COc1ccccc1C(=O)NC(CC(F)(F)F)C(=O)O. The smallest absolute Gasteiger partial charge is 0.391 e. The predicted octanol–water partition coefficient (Wildman–Crippen LogP) is 1.29. The zero-order valence-electron chi connectivity index (χ0n) is 13.5. The topological polar surface area (TPSA) is 95.9 Å². The highest BCUT2D eigenvalue weighted by Crippen LogP contribution is 2.23. The molecule has 2 amide bonds. The number of carboxylic acids is 1. The van der Waals surface area contributed by atoms with Gasteiger partial charge < -0.3 is 20.1 Å². The third-order valence-corrected chi connectivity index (χ3v) is 3.02. The maximum Gasteiger partial charge on any atom is 0.391 e. The molecule has 1 atom stereocenters. The number of rotatable bonds is 7. The van der Waals surface area contributed by atoms with Crippen LogP contribution < -0.4 is 10.1 Å². The van der Waals surface area contributed by atoms with Crippen molar-refractivity contribution in [3.63, 3.8) is 0 Å². The molecule has 1 aromatic carbocycles. The van der Waals surface area contributed by atoms with Gasteiger partial charge >= 0.3 is 12.1 Å². The van der Waals surface area contributed by atoms with E-state index in [1.165, 1.54) is 43.3 Å². The molecule has 25 heavy (non-hydrogen) atoms. The second-order valence-corrected chi connectivity index (χ2v) is 5.26. The molecule has 0 bridgehead atoms. The number of alkyl halides is 3. The molecule has 138 valence electrons. The highest BCUT2D eigenvalue weighted by atomic mass is 19.4. The van der Waals surface area contributed by atoms with Gasteiger partial charge in [0, 0.05) is 14.1 Å². The van der Waals surface area contributed by atoms with E-state index < -0.39 is 36.4 Å². The molecule has 0 spiro atoms. The molecular formula is C15H17F3N2O5. The quantitative estimate of drug-likeness (QED) is 0.762. The fraction of sp³-hybridized carbons (Fsp3) is 0.400. The van der Waals surface area contributed by atoms with Crippen LogP contribution in [0.1, 0.15) is 16.8 Å². The zero-order chi connectivity index (χ0) is 19.2. The van der Waals surface area contributed by atoms with Crippen LogP contribution in [0.3, 0.4) is 0 Å². The van der Waals surface area contributed by atoms with Gasteiger partial charge in [-0.25, -0.2) is 4.79 Å². The fourth-order valence-corrected chi connectivity index (χ4v) is 1.72. The van der Waals surface area contributed by atoms with Crippen molar-refractivity contribution in [3.8, 4) is 5.75 Å². The van der Waals surface area contributed by atoms with Gasteiger partial charge in [0.15, 0.2) is 6.61 Å². The number of para-hydroxylation sites is 1. The van der Waals surface area contributed by atoms with Crippen LogP contribution in [0.25, 0.3) is 0 Å². The van der Waals surface area contributed by atoms with Crippen molar-refractivity contribution >= 4 is 17.8 Å². The van der Waals surface area contributed by atoms with Gasteiger partial charge in [-0.05, 0) is 12.1 Å². The van der Waals surface area contributed by atoms with Gasteiger partial charge in [-0.3, -0.25) is 9.59 Å². The lowest BCUT2D eigenvalue weighted by Gasteiger charge is -2.18. The summed E-state index contributed by atoms with van der Waals surface area (Å²) in [5, 5.41) is 10.6. The van der Waals surface area contributed by atoms with Crippen LogP contribution >= 0.6 is 0 Å². The van der Waals surface area contributed by atoms with Crippen molar-refractivity contribution in [1.29, 1.82) is 0 Å². The molecule has 0 heterocycles. The Morgan fingerprint density at radius 2 is 1.84 bits per heavy atom. The van der Waals surface area contributed by atoms with Crippen LogP contribution in [-0.4, -0.2) is 60.7 Å². The third kappa shape index (κ3) is 6.69. The van der Waals surface area contributed by atoms with Crippen LogP contribution in [0.2, 0.25) is 0 Å². The van der Waals surface area contributed by atoms with E-state index in [2.05, 4.69) is 0 Å². The first kappa shape index (κ1) is 20.3. The van der Waals surface area contributed by atoms with Gasteiger partial charge in [-0.2, -0.15) is 13.2 Å². The van der Waals surface area contributed by atoms with E-state index in [9.17, 15) is 27.6 Å². The molecule has 0 aliphatic rings. The van der Waals surface area contributed by atoms with Crippen molar-refractivity contribution in [1.82, 2.24) is 10.2 Å². The fourth-order valence-electron chi connectivity index (χ4n) is 1.72. The maximum absolute atomic E-state index is 12.4. The van der Waals surface area contributed by atoms with Gasteiger partial charge in [-0.1, -0.05) is 12.1 Å². The van der Waals surface area contributed by atoms with E-state index in [1.54, 1.807) is 5.32 Å². The minimum absolute atomic E-state index is 0.0497. The lowest BCUT2D eigenvalue weighted by Crippen LogP contribution is -2.43. The van der Waals surface area contributed by atoms with Crippen LogP contribution in [0, 0.1) is 0 Å². The van der Waals surface area contributed by atoms with E-state index in [0.29, 0.717) is 0 Å². The summed E-state index contributed by atoms with van der Waals surface area (Å²) in [6.45, 7) is -0.387. The molecule has 0 aliphatic carbocycles. The van der Waals surface area contributed by atoms with E-state index in [0.717, 1.165) is 0 Å². The standard InChI is InChI=1S/C15H17F3N2O5/c1-20(2)12(21)8-25-11-6-4-3-5-9(11)13(22)19-10(14(23)24)7-15(16,17)18/h3-6,10H,7-8H2,1-2H3,(H,19,22)(H,23,24).